The van der Waals surface area contributed by atoms with Gasteiger partial charge in [0.2, 0.25) is 0 Å². The van der Waals surface area contributed by atoms with Crippen LogP contribution in [0.5, 0.6) is 5.75 Å². The van der Waals surface area contributed by atoms with Crippen molar-refractivity contribution < 1.29 is 9.53 Å². The number of benzene rings is 2. The van der Waals surface area contributed by atoms with Crippen LogP contribution in [-0.2, 0) is 11.3 Å². The van der Waals surface area contributed by atoms with Gasteiger partial charge in [0.25, 0.3) is 11.5 Å². The summed E-state index contributed by atoms with van der Waals surface area (Å²) in [5, 5.41) is 2.85. The molecule has 0 radical (unpaired) electrons. The summed E-state index contributed by atoms with van der Waals surface area (Å²) in [6, 6.07) is 18.6. The molecule has 0 unspecified atom stereocenters. The van der Waals surface area contributed by atoms with Crippen LogP contribution in [0.3, 0.4) is 0 Å². The second-order valence-corrected chi connectivity index (χ2v) is 7.40. The highest BCUT2D eigenvalue weighted by Gasteiger charge is 2.10. The lowest BCUT2D eigenvalue weighted by atomic mass is 10.0. The van der Waals surface area contributed by atoms with Crippen LogP contribution in [0.25, 0.3) is 0 Å². The summed E-state index contributed by atoms with van der Waals surface area (Å²) in [7, 11) is 0. The van der Waals surface area contributed by atoms with E-state index < -0.39 is 0 Å². The van der Waals surface area contributed by atoms with Gasteiger partial charge in [-0.1, -0.05) is 44.2 Å². The average Bonchev–Trinajstić information content (AvgIpc) is 2.69. The van der Waals surface area contributed by atoms with Crippen molar-refractivity contribution in [3.8, 4) is 5.75 Å². The number of aromatic nitrogens is 1. The highest BCUT2D eigenvalue weighted by molar-refractivity contribution is 5.91. The molecule has 29 heavy (non-hydrogen) atoms. The van der Waals surface area contributed by atoms with Gasteiger partial charge in [-0.3, -0.25) is 9.59 Å². The number of amides is 1. The number of ether oxygens (including phenoxy) is 1. The maximum atomic E-state index is 12.3. The van der Waals surface area contributed by atoms with E-state index in [1.807, 2.05) is 55.5 Å². The summed E-state index contributed by atoms with van der Waals surface area (Å²) in [5.74, 6) is 0.852. The fraction of sp³-hybridized carbons (Fsp3) is 0.250. The number of aryl methyl sites for hydroxylation is 1. The molecule has 1 N–H and O–H groups in total. The van der Waals surface area contributed by atoms with Crippen molar-refractivity contribution in [2.24, 2.45) is 0 Å². The first-order chi connectivity index (χ1) is 13.9. The Morgan fingerprint density at radius 2 is 1.83 bits per heavy atom. The van der Waals surface area contributed by atoms with Gasteiger partial charge in [0, 0.05) is 18.0 Å². The number of hydrogen-bond donors (Lipinski definition) is 1. The lowest BCUT2D eigenvalue weighted by Crippen LogP contribution is -2.21. The van der Waals surface area contributed by atoms with Crippen molar-refractivity contribution in [3.63, 3.8) is 0 Å². The number of hydrogen-bond acceptors (Lipinski definition) is 3. The highest BCUT2D eigenvalue weighted by Crippen LogP contribution is 2.27. The van der Waals surface area contributed by atoms with Gasteiger partial charge in [0.1, 0.15) is 5.75 Å². The van der Waals surface area contributed by atoms with Gasteiger partial charge in [-0.2, -0.15) is 0 Å². The van der Waals surface area contributed by atoms with E-state index in [1.165, 1.54) is 6.07 Å². The zero-order chi connectivity index (χ0) is 20.8. The van der Waals surface area contributed by atoms with Crippen LogP contribution in [0.4, 0.5) is 5.69 Å². The molecule has 0 atom stereocenters. The number of nitrogens with one attached hydrogen (secondary N) is 1. The van der Waals surface area contributed by atoms with Gasteiger partial charge >= 0.3 is 0 Å². The largest absolute Gasteiger partial charge is 0.483 e. The molecule has 1 aromatic heterocycles. The molecule has 0 bridgehead atoms. The Hall–Kier alpha value is -3.34. The second kappa shape index (κ2) is 9.24. The van der Waals surface area contributed by atoms with Crippen molar-refractivity contribution in [1.29, 1.82) is 0 Å². The fourth-order valence-electron chi connectivity index (χ4n) is 3.07. The quantitative estimate of drug-likeness (QED) is 0.653. The van der Waals surface area contributed by atoms with Crippen molar-refractivity contribution in [1.82, 2.24) is 4.57 Å². The molecule has 0 aliphatic heterocycles. The van der Waals surface area contributed by atoms with E-state index in [0.717, 1.165) is 22.4 Å². The third-order valence-corrected chi connectivity index (χ3v) is 4.64. The summed E-state index contributed by atoms with van der Waals surface area (Å²) in [4.78, 5) is 24.1. The molecule has 0 spiro atoms. The molecule has 2 aromatic carbocycles. The van der Waals surface area contributed by atoms with E-state index in [-0.39, 0.29) is 18.1 Å². The van der Waals surface area contributed by atoms with E-state index in [1.54, 1.807) is 16.8 Å². The van der Waals surface area contributed by atoms with Crippen LogP contribution >= 0.6 is 0 Å². The molecule has 0 fully saturated rings. The van der Waals surface area contributed by atoms with Crippen LogP contribution in [0.15, 0.2) is 71.7 Å². The Morgan fingerprint density at radius 3 is 2.52 bits per heavy atom. The molecule has 5 nitrogen and oxygen atoms in total. The summed E-state index contributed by atoms with van der Waals surface area (Å²) >= 11 is 0. The maximum absolute atomic E-state index is 12.3. The Balaban J connectivity index is 1.58. The van der Waals surface area contributed by atoms with E-state index >= 15 is 0 Å². The van der Waals surface area contributed by atoms with E-state index in [0.29, 0.717) is 18.2 Å². The molecule has 1 heterocycles. The normalized spacial score (nSPS) is 10.8. The number of carbonyl (C=O) groups excluding carboxylic acids is 1. The molecule has 0 aliphatic rings. The van der Waals surface area contributed by atoms with Crippen LogP contribution in [0, 0.1) is 6.92 Å². The van der Waals surface area contributed by atoms with Gasteiger partial charge < -0.3 is 14.6 Å². The molecule has 0 aliphatic carbocycles. The third-order valence-electron chi connectivity index (χ3n) is 4.64. The minimum absolute atomic E-state index is 0.0426. The van der Waals surface area contributed by atoms with Gasteiger partial charge in [-0.15, -0.1) is 0 Å². The number of carbonyl (C=O) groups is 1. The Bertz CT molecular complexity index is 1040. The van der Waals surface area contributed by atoms with Crippen LogP contribution in [0.2, 0.25) is 0 Å². The lowest BCUT2D eigenvalue weighted by molar-refractivity contribution is -0.118. The first-order valence-electron chi connectivity index (χ1n) is 9.70. The van der Waals surface area contributed by atoms with Crippen LogP contribution < -0.4 is 15.6 Å². The fourth-order valence-corrected chi connectivity index (χ4v) is 3.07. The molecule has 150 valence electrons. The lowest BCUT2D eigenvalue weighted by Gasteiger charge is -2.15. The molecule has 1 amide bonds. The second-order valence-electron chi connectivity index (χ2n) is 7.40. The first kappa shape index (κ1) is 20.4. The number of anilines is 1. The monoisotopic (exact) mass is 390 g/mol. The Morgan fingerprint density at radius 1 is 1.07 bits per heavy atom. The molecule has 0 saturated carbocycles. The van der Waals surface area contributed by atoms with Crippen LogP contribution in [-0.4, -0.2) is 17.1 Å². The molecule has 3 aromatic rings. The first-order valence-corrected chi connectivity index (χ1v) is 9.70. The van der Waals surface area contributed by atoms with Crippen molar-refractivity contribution in [2.45, 2.75) is 33.2 Å². The zero-order valence-corrected chi connectivity index (χ0v) is 17.0. The maximum Gasteiger partial charge on any atom is 0.262 e. The predicted molar refractivity (Wildman–Crippen MR) is 116 cm³/mol. The summed E-state index contributed by atoms with van der Waals surface area (Å²) < 4.78 is 7.41. The topological polar surface area (TPSA) is 60.3 Å². The average molecular weight is 390 g/mol. The van der Waals surface area contributed by atoms with Gasteiger partial charge in [0.05, 0.1) is 6.54 Å². The van der Waals surface area contributed by atoms with Crippen molar-refractivity contribution >= 4 is 11.6 Å². The number of rotatable bonds is 7. The third kappa shape index (κ3) is 5.57. The van der Waals surface area contributed by atoms with Gasteiger partial charge in [0.15, 0.2) is 6.61 Å². The zero-order valence-electron chi connectivity index (χ0n) is 17.0. The highest BCUT2D eigenvalue weighted by atomic mass is 16.5. The molecule has 3 rings (SSSR count). The van der Waals surface area contributed by atoms with Gasteiger partial charge in [-0.25, -0.2) is 0 Å². The predicted octanol–water partition coefficient (Wildman–Crippen LogP) is 4.35. The number of nitrogens with zero attached hydrogens (tertiary/aromatic N) is 1. The minimum Gasteiger partial charge on any atom is -0.483 e. The van der Waals surface area contributed by atoms with Gasteiger partial charge in [-0.05, 0) is 53.8 Å². The summed E-state index contributed by atoms with van der Waals surface area (Å²) in [5.41, 5.74) is 3.81. The van der Waals surface area contributed by atoms with E-state index in [9.17, 15) is 9.59 Å². The number of pyridine rings is 1. The smallest absolute Gasteiger partial charge is 0.262 e. The summed E-state index contributed by atoms with van der Waals surface area (Å²) in [6.07, 6.45) is 1.76. The van der Waals surface area contributed by atoms with E-state index in [2.05, 4.69) is 19.2 Å². The summed E-state index contributed by atoms with van der Waals surface area (Å²) in [6.45, 7) is 6.64. The molecular formula is C24H26N2O3. The minimum atomic E-state index is -0.215. The van der Waals surface area contributed by atoms with Crippen molar-refractivity contribution in [3.05, 3.63) is 93.9 Å². The Labute approximate surface area is 171 Å². The molecule has 5 heteroatoms. The molecule has 0 saturated heterocycles. The van der Waals surface area contributed by atoms with Crippen molar-refractivity contribution in [2.75, 3.05) is 11.9 Å². The standard InChI is InChI=1S/C24H26N2O3/c1-17(2)21-12-7-18(3)14-22(21)29-16-23(27)25-20-10-8-19(9-11-20)15-26-13-5-4-6-24(26)28/h4-14,17H,15-16H2,1-3H3,(H,25,27). The van der Waals surface area contributed by atoms with Crippen LogP contribution in [0.1, 0.15) is 36.5 Å². The SMILES string of the molecule is Cc1ccc(C(C)C)c(OCC(=O)Nc2ccc(Cn3ccccc3=O)cc2)c1. The molecular weight excluding hydrogens is 364 g/mol. The van der Waals surface area contributed by atoms with E-state index in [4.69, 9.17) is 4.74 Å². The Kier molecular flexibility index (Phi) is 6.50.